The van der Waals surface area contributed by atoms with Crippen molar-refractivity contribution in [1.82, 2.24) is 15.0 Å². The summed E-state index contributed by atoms with van der Waals surface area (Å²) in [6, 6.07) is 23.8. The van der Waals surface area contributed by atoms with Crippen molar-refractivity contribution in [2.45, 2.75) is 12.6 Å². The fourth-order valence-corrected chi connectivity index (χ4v) is 3.57. The number of para-hydroxylation sites is 1. The first-order valence-corrected chi connectivity index (χ1v) is 9.52. The predicted octanol–water partition coefficient (Wildman–Crippen LogP) is 3.77. The van der Waals surface area contributed by atoms with Gasteiger partial charge < -0.3 is 15.2 Å². The first-order chi connectivity index (χ1) is 14.7. The molecule has 5 rings (SSSR count). The van der Waals surface area contributed by atoms with Crippen LogP contribution in [0.2, 0.25) is 0 Å². The van der Waals surface area contributed by atoms with Gasteiger partial charge in [0.1, 0.15) is 29.4 Å². The third-order valence-electron chi connectivity index (χ3n) is 4.94. The van der Waals surface area contributed by atoms with E-state index >= 15 is 0 Å². The highest BCUT2D eigenvalue weighted by atomic mass is 16.5. The molecule has 7 heteroatoms. The van der Waals surface area contributed by atoms with E-state index in [0.29, 0.717) is 11.4 Å². The monoisotopic (exact) mass is 398 g/mol. The number of aromatic nitrogens is 3. The second-order valence-electron chi connectivity index (χ2n) is 6.98. The number of carbonyl (C=O) groups excluding carboxylic acids is 1. The number of carbonyl (C=O) groups is 1. The lowest BCUT2D eigenvalue weighted by Crippen LogP contribution is -2.21. The molecule has 1 atom stereocenters. The van der Waals surface area contributed by atoms with Crippen LogP contribution in [0.25, 0.3) is 11.3 Å². The van der Waals surface area contributed by atoms with Gasteiger partial charge in [-0.05, 0) is 42.0 Å². The molecule has 1 aromatic heterocycles. The van der Waals surface area contributed by atoms with E-state index in [-0.39, 0.29) is 18.2 Å². The van der Waals surface area contributed by atoms with Crippen molar-refractivity contribution in [3.05, 3.63) is 90.1 Å². The van der Waals surface area contributed by atoms with Gasteiger partial charge in [-0.1, -0.05) is 47.7 Å². The molecule has 2 heterocycles. The number of amides is 1. The number of ether oxygens (including phenoxy) is 1. The Hall–Kier alpha value is -4.13. The summed E-state index contributed by atoms with van der Waals surface area (Å²) in [6.45, 7) is -0.000939. The molecular formula is C23H18N4O3. The quantitative estimate of drug-likeness (QED) is 0.511. The molecule has 0 aliphatic carbocycles. The topological polar surface area (TPSA) is 89.3 Å². The van der Waals surface area contributed by atoms with E-state index in [0.717, 1.165) is 22.6 Å². The molecule has 30 heavy (non-hydrogen) atoms. The fraction of sp³-hybridized carbons (Fsp3) is 0.0870. The molecule has 3 aromatic carbocycles. The van der Waals surface area contributed by atoms with Crippen molar-refractivity contribution in [1.29, 1.82) is 0 Å². The molecule has 1 aliphatic heterocycles. The molecule has 0 bridgehead atoms. The molecule has 1 amide bonds. The molecule has 0 unspecified atom stereocenters. The van der Waals surface area contributed by atoms with Gasteiger partial charge in [0.05, 0.1) is 0 Å². The molecule has 0 fully saturated rings. The number of benzene rings is 3. The van der Waals surface area contributed by atoms with E-state index in [1.807, 2.05) is 54.6 Å². The minimum Gasteiger partial charge on any atom is -0.508 e. The molecule has 2 N–H and O–H groups in total. The Balaban J connectivity index is 1.49. The molecule has 0 spiro atoms. The van der Waals surface area contributed by atoms with Gasteiger partial charge in [-0.25, -0.2) is 4.68 Å². The van der Waals surface area contributed by atoms with Crippen LogP contribution in [-0.2, 0) is 11.3 Å². The van der Waals surface area contributed by atoms with Crippen LogP contribution in [0.4, 0.5) is 5.69 Å². The van der Waals surface area contributed by atoms with E-state index in [4.69, 9.17) is 4.74 Å². The zero-order chi connectivity index (χ0) is 20.5. The van der Waals surface area contributed by atoms with Gasteiger partial charge in [-0.2, -0.15) is 0 Å². The maximum atomic E-state index is 12.6. The summed E-state index contributed by atoms with van der Waals surface area (Å²) in [5.74, 6) is 0.622. The minimum absolute atomic E-state index is 0.000939. The summed E-state index contributed by atoms with van der Waals surface area (Å²) in [5.41, 5.74) is 3.86. The highest BCUT2D eigenvalue weighted by molar-refractivity contribution is 5.91. The Bertz CT molecular complexity index is 1200. The highest BCUT2D eigenvalue weighted by Crippen LogP contribution is 2.43. The van der Waals surface area contributed by atoms with Crippen LogP contribution in [0.1, 0.15) is 17.4 Å². The summed E-state index contributed by atoms with van der Waals surface area (Å²) in [6.07, 6.45) is -0.398. The van der Waals surface area contributed by atoms with Crippen molar-refractivity contribution < 1.29 is 14.6 Å². The summed E-state index contributed by atoms with van der Waals surface area (Å²) < 4.78 is 7.83. The van der Waals surface area contributed by atoms with E-state index < -0.39 is 6.10 Å². The van der Waals surface area contributed by atoms with E-state index in [1.54, 1.807) is 16.8 Å². The molecule has 4 aromatic rings. The molecule has 0 saturated carbocycles. The van der Waals surface area contributed by atoms with Crippen LogP contribution in [0.5, 0.6) is 11.5 Å². The van der Waals surface area contributed by atoms with E-state index in [2.05, 4.69) is 15.6 Å². The number of phenolic OH excluding ortho intramolecular Hbond substituents is 1. The molecule has 0 radical (unpaired) electrons. The lowest BCUT2D eigenvalue weighted by atomic mass is 9.98. The van der Waals surface area contributed by atoms with Gasteiger partial charge in [0, 0.05) is 11.3 Å². The normalized spacial score (nSPS) is 14.3. The van der Waals surface area contributed by atoms with Crippen molar-refractivity contribution in [2.75, 3.05) is 5.32 Å². The molecule has 148 valence electrons. The summed E-state index contributed by atoms with van der Waals surface area (Å²) in [7, 11) is 0. The van der Waals surface area contributed by atoms with E-state index in [9.17, 15) is 9.90 Å². The van der Waals surface area contributed by atoms with Crippen LogP contribution >= 0.6 is 0 Å². The maximum absolute atomic E-state index is 12.6. The Morgan fingerprint density at radius 2 is 1.73 bits per heavy atom. The smallest absolute Gasteiger partial charge is 0.246 e. The summed E-state index contributed by atoms with van der Waals surface area (Å²) in [5, 5.41) is 20.8. The number of nitrogens with one attached hydrogen (secondary N) is 1. The first-order valence-electron chi connectivity index (χ1n) is 9.52. The number of phenols is 1. The second-order valence-corrected chi connectivity index (χ2v) is 6.98. The highest BCUT2D eigenvalue weighted by Gasteiger charge is 2.33. The first kappa shape index (κ1) is 17.9. The number of aromatic hydroxyl groups is 1. The number of nitrogens with zero attached hydrogens (tertiary/aromatic N) is 3. The zero-order valence-corrected chi connectivity index (χ0v) is 15.9. The van der Waals surface area contributed by atoms with Crippen LogP contribution in [-0.4, -0.2) is 26.0 Å². The largest absolute Gasteiger partial charge is 0.508 e. The Kier molecular flexibility index (Phi) is 4.40. The van der Waals surface area contributed by atoms with Crippen LogP contribution in [0, 0.1) is 0 Å². The van der Waals surface area contributed by atoms with Crippen molar-refractivity contribution in [3.63, 3.8) is 0 Å². The number of anilines is 1. The van der Waals surface area contributed by atoms with Gasteiger partial charge in [0.25, 0.3) is 0 Å². The second kappa shape index (κ2) is 7.36. The Morgan fingerprint density at radius 1 is 1.00 bits per heavy atom. The van der Waals surface area contributed by atoms with E-state index in [1.165, 1.54) is 12.1 Å². The molecule has 1 aliphatic rings. The number of fused-ring (bicyclic) bond motifs is 3. The summed E-state index contributed by atoms with van der Waals surface area (Å²) >= 11 is 0. The Labute approximate surface area is 172 Å². The Morgan fingerprint density at radius 3 is 2.53 bits per heavy atom. The predicted molar refractivity (Wildman–Crippen MR) is 111 cm³/mol. The van der Waals surface area contributed by atoms with Crippen LogP contribution < -0.4 is 10.1 Å². The standard InChI is InChI=1S/C23H18N4O3/c28-17-12-10-16(11-13-17)24-20(29)14-27-22-18-8-4-5-9-19(18)30-23(21(22)25-26-27)15-6-2-1-3-7-15/h1-13,23,28H,14H2,(H,24,29)/t23-/m0/s1. The van der Waals surface area contributed by atoms with Gasteiger partial charge in [-0.3, -0.25) is 4.79 Å². The summed E-state index contributed by atoms with van der Waals surface area (Å²) in [4.78, 5) is 12.6. The molecule has 7 nitrogen and oxygen atoms in total. The number of hydrogen-bond donors (Lipinski definition) is 2. The van der Waals surface area contributed by atoms with Crippen LogP contribution in [0.3, 0.4) is 0 Å². The fourth-order valence-electron chi connectivity index (χ4n) is 3.57. The SMILES string of the molecule is O=C(Cn1nnc2c1-c1ccccc1O[C@H]2c1ccccc1)Nc1ccc(O)cc1. The number of rotatable bonds is 4. The molecule has 0 saturated heterocycles. The average Bonchev–Trinajstić information content (AvgIpc) is 3.19. The lowest BCUT2D eigenvalue weighted by Gasteiger charge is -2.26. The average molecular weight is 398 g/mol. The minimum atomic E-state index is -0.398. The van der Waals surface area contributed by atoms with Crippen LogP contribution in [0.15, 0.2) is 78.9 Å². The van der Waals surface area contributed by atoms with Gasteiger partial charge in [-0.15, -0.1) is 5.10 Å². The van der Waals surface area contributed by atoms with Crippen molar-refractivity contribution >= 4 is 11.6 Å². The number of hydrogen-bond acceptors (Lipinski definition) is 5. The van der Waals surface area contributed by atoms with Gasteiger partial charge in [0.2, 0.25) is 5.91 Å². The zero-order valence-electron chi connectivity index (χ0n) is 15.9. The van der Waals surface area contributed by atoms with Gasteiger partial charge in [0.15, 0.2) is 6.10 Å². The molecular weight excluding hydrogens is 380 g/mol. The maximum Gasteiger partial charge on any atom is 0.246 e. The third kappa shape index (κ3) is 3.26. The third-order valence-corrected chi connectivity index (χ3v) is 4.94. The lowest BCUT2D eigenvalue weighted by molar-refractivity contribution is -0.116. The van der Waals surface area contributed by atoms with Crippen molar-refractivity contribution in [3.8, 4) is 22.8 Å². The van der Waals surface area contributed by atoms with Crippen molar-refractivity contribution in [2.24, 2.45) is 0 Å². The van der Waals surface area contributed by atoms with Gasteiger partial charge >= 0.3 is 0 Å².